The molecule has 0 aliphatic heterocycles. The summed E-state index contributed by atoms with van der Waals surface area (Å²) in [6.07, 6.45) is 2.39. The summed E-state index contributed by atoms with van der Waals surface area (Å²) < 4.78 is 0.902. The van der Waals surface area contributed by atoms with Gasteiger partial charge in [-0.05, 0) is 36.8 Å². The van der Waals surface area contributed by atoms with E-state index >= 15 is 0 Å². The van der Waals surface area contributed by atoms with E-state index in [1.165, 1.54) is 0 Å². The number of aromatic nitrogens is 1. The first kappa shape index (κ1) is 13.5. The molecule has 0 atom stereocenters. The minimum absolute atomic E-state index is 0.214. The Balaban J connectivity index is 2.26. The molecule has 0 unspecified atom stereocenters. The molecule has 0 saturated heterocycles. The maximum Gasteiger partial charge on any atom is 0.146 e. The molecule has 2 N–H and O–H groups in total. The quantitative estimate of drug-likeness (QED) is 0.666. The summed E-state index contributed by atoms with van der Waals surface area (Å²) in [7, 11) is 0. The van der Waals surface area contributed by atoms with E-state index < -0.39 is 0 Å². The van der Waals surface area contributed by atoms with Crippen LogP contribution in [0.25, 0.3) is 0 Å². The molecule has 2 aromatic rings. The molecule has 98 valence electrons. The molecule has 0 amide bonds. The fourth-order valence-electron chi connectivity index (χ4n) is 1.62. The molecule has 0 radical (unpaired) electrons. The Morgan fingerprint density at radius 1 is 1.37 bits per heavy atom. The van der Waals surface area contributed by atoms with E-state index in [1.54, 1.807) is 18.3 Å². The summed E-state index contributed by atoms with van der Waals surface area (Å²) in [6, 6.07) is 10.8. The molecule has 0 bridgehead atoms. The van der Waals surface area contributed by atoms with E-state index in [9.17, 15) is 5.11 Å². The first-order valence-electron chi connectivity index (χ1n) is 5.93. The number of nitrogens with zero attached hydrogens (tertiary/aromatic N) is 2. The van der Waals surface area contributed by atoms with Crippen molar-refractivity contribution < 1.29 is 5.11 Å². The van der Waals surface area contributed by atoms with Crippen LogP contribution in [0, 0.1) is 0 Å². The summed E-state index contributed by atoms with van der Waals surface area (Å²) in [5, 5.41) is 14.2. The Bertz CT molecular complexity index is 584. The van der Waals surface area contributed by atoms with Gasteiger partial charge < -0.3 is 5.11 Å². The predicted molar refractivity (Wildman–Crippen MR) is 80.5 cm³/mol. The summed E-state index contributed by atoms with van der Waals surface area (Å²) in [4.78, 5) is 4.13. The van der Waals surface area contributed by atoms with Crippen molar-refractivity contribution in [2.45, 2.75) is 13.3 Å². The second kappa shape index (κ2) is 6.33. The van der Waals surface area contributed by atoms with Crippen LogP contribution in [0.2, 0.25) is 0 Å². The highest BCUT2D eigenvalue weighted by atomic mass is 79.9. The average molecular weight is 320 g/mol. The van der Waals surface area contributed by atoms with Crippen LogP contribution < -0.4 is 5.43 Å². The maximum atomic E-state index is 9.89. The van der Waals surface area contributed by atoms with Crippen molar-refractivity contribution >= 4 is 27.5 Å². The lowest BCUT2D eigenvalue weighted by atomic mass is 10.1. The number of pyridine rings is 1. The van der Waals surface area contributed by atoms with Gasteiger partial charge in [0.2, 0.25) is 0 Å². The van der Waals surface area contributed by atoms with Crippen molar-refractivity contribution in [2.24, 2.45) is 5.10 Å². The normalized spacial score (nSPS) is 11.4. The van der Waals surface area contributed by atoms with Gasteiger partial charge in [-0.1, -0.05) is 28.9 Å². The van der Waals surface area contributed by atoms with Crippen LogP contribution in [-0.4, -0.2) is 15.8 Å². The molecule has 19 heavy (non-hydrogen) atoms. The number of hydrogen-bond donors (Lipinski definition) is 2. The van der Waals surface area contributed by atoms with Gasteiger partial charge in [0.1, 0.15) is 11.6 Å². The Hall–Kier alpha value is -1.88. The molecular formula is C14H14BrN3O. The highest BCUT2D eigenvalue weighted by Gasteiger charge is 2.08. The molecule has 0 aliphatic carbocycles. The van der Waals surface area contributed by atoms with Gasteiger partial charge in [-0.3, -0.25) is 5.43 Å². The summed E-state index contributed by atoms with van der Waals surface area (Å²) in [6.45, 7) is 1.99. The minimum Gasteiger partial charge on any atom is -0.507 e. The fraction of sp³-hybridized carbons (Fsp3) is 0.143. The van der Waals surface area contributed by atoms with Crippen molar-refractivity contribution in [2.75, 3.05) is 5.43 Å². The third kappa shape index (κ3) is 3.54. The van der Waals surface area contributed by atoms with Gasteiger partial charge in [-0.25, -0.2) is 4.98 Å². The number of rotatable bonds is 4. The van der Waals surface area contributed by atoms with Crippen molar-refractivity contribution in [3.05, 3.63) is 52.6 Å². The van der Waals surface area contributed by atoms with E-state index in [1.807, 2.05) is 31.2 Å². The fourth-order valence-corrected chi connectivity index (χ4v) is 1.98. The Labute approximate surface area is 120 Å². The van der Waals surface area contributed by atoms with Crippen LogP contribution in [-0.2, 0) is 0 Å². The summed E-state index contributed by atoms with van der Waals surface area (Å²) >= 11 is 3.39. The Morgan fingerprint density at radius 2 is 2.21 bits per heavy atom. The molecule has 0 aliphatic rings. The second-order valence-electron chi connectivity index (χ2n) is 3.90. The number of anilines is 1. The van der Waals surface area contributed by atoms with Crippen molar-refractivity contribution in [1.29, 1.82) is 0 Å². The van der Waals surface area contributed by atoms with E-state index in [0.717, 1.165) is 10.2 Å². The van der Waals surface area contributed by atoms with Crippen LogP contribution in [0.5, 0.6) is 5.75 Å². The molecule has 0 saturated carbocycles. The number of aromatic hydroxyl groups is 1. The number of nitrogens with one attached hydrogen (secondary N) is 1. The number of halogens is 1. The first-order chi connectivity index (χ1) is 9.20. The van der Waals surface area contributed by atoms with Crippen LogP contribution in [0.3, 0.4) is 0 Å². The maximum absolute atomic E-state index is 9.89. The number of hydrazone groups is 1. The lowest BCUT2D eigenvalue weighted by Gasteiger charge is -2.08. The lowest BCUT2D eigenvalue weighted by Crippen LogP contribution is -2.04. The molecule has 0 spiro atoms. The number of phenols is 1. The van der Waals surface area contributed by atoms with Gasteiger partial charge >= 0.3 is 0 Å². The zero-order valence-electron chi connectivity index (χ0n) is 10.5. The molecule has 2 rings (SSSR count). The van der Waals surface area contributed by atoms with Crippen LogP contribution in [0.15, 0.2) is 52.2 Å². The summed E-state index contributed by atoms with van der Waals surface area (Å²) in [5.41, 5.74) is 4.37. The van der Waals surface area contributed by atoms with Crippen molar-refractivity contribution in [1.82, 2.24) is 4.98 Å². The third-order valence-electron chi connectivity index (χ3n) is 2.57. The molecule has 1 heterocycles. The number of hydrogen-bond acceptors (Lipinski definition) is 4. The first-order valence-corrected chi connectivity index (χ1v) is 6.72. The van der Waals surface area contributed by atoms with E-state index in [0.29, 0.717) is 17.8 Å². The monoisotopic (exact) mass is 319 g/mol. The number of benzene rings is 1. The number of phenolic OH excluding ortho intramolecular Hbond substituents is 1. The van der Waals surface area contributed by atoms with E-state index in [-0.39, 0.29) is 5.75 Å². The SMILES string of the molecule is CC/C(=N\Nc1ccccn1)c1cc(Br)ccc1O. The highest BCUT2D eigenvalue weighted by Crippen LogP contribution is 2.23. The highest BCUT2D eigenvalue weighted by molar-refractivity contribution is 9.10. The molecule has 4 nitrogen and oxygen atoms in total. The summed E-state index contributed by atoms with van der Waals surface area (Å²) in [5.74, 6) is 0.884. The Morgan fingerprint density at radius 3 is 2.89 bits per heavy atom. The Kier molecular flexibility index (Phi) is 4.52. The van der Waals surface area contributed by atoms with Gasteiger partial charge in [0.25, 0.3) is 0 Å². The van der Waals surface area contributed by atoms with Crippen LogP contribution in [0.4, 0.5) is 5.82 Å². The smallest absolute Gasteiger partial charge is 0.146 e. The lowest BCUT2D eigenvalue weighted by molar-refractivity contribution is 0.474. The molecule has 5 heteroatoms. The van der Waals surface area contributed by atoms with E-state index in [2.05, 4.69) is 31.4 Å². The second-order valence-corrected chi connectivity index (χ2v) is 4.82. The molecule has 1 aromatic carbocycles. The largest absolute Gasteiger partial charge is 0.507 e. The molecule has 1 aromatic heterocycles. The van der Waals surface area contributed by atoms with Crippen LogP contribution >= 0.6 is 15.9 Å². The van der Waals surface area contributed by atoms with Crippen LogP contribution in [0.1, 0.15) is 18.9 Å². The van der Waals surface area contributed by atoms with Gasteiger partial charge in [0.15, 0.2) is 0 Å². The van der Waals surface area contributed by atoms with Gasteiger partial charge in [0, 0.05) is 16.2 Å². The van der Waals surface area contributed by atoms with Gasteiger partial charge in [-0.2, -0.15) is 5.10 Å². The minimum atomic E-state index is 0.214. The third-order valence-corrected chi connectivity index (χ3v) is 3.07. The zero-order chi connectivity index (χ0) is 13.7. The molecule has 0 fully saturated rings. The van der Waals surface area contributed by atoms with Gasteiger partial charge in [-0.15, -0.1) is 0 Å². The molecular weight excluding hydrogens is 306 g/mol. The predicted octanol–water partition coefficient (Wildman–Crippen LogP) is 3.78. The van der Waals surface area contributed by atoms with Crippen molar-refractivity contribution in [3.8, 4) is 5.75 Å². The zero-order valence-corrected chi connectivity index (χ0v) is 12.1. The average Bonchev–Trinajstić information content (AvgIpc) is 2.44. The standard InChI is InChI=1S/C14H14BrN3O/c1-2-12(11-9-10(15)6-7-13(11)19)17-18-14-5-3-4-8-16-14/h3-9,19H,2H2,1H3,(H,16,18)/b17-12+. The van der Waals surface area contributed by atoms with E-state index in [4.69, 9.17) is 0 Å². The van der Waals surface area contributed by atoms with Crippen molar-refractivity contribution in [3.63, 3.8) is 0 Å². The van der Waals surface area contributed by atoms with Gasteiger partial charge in [0.05, 0.1) is 5.71 Å². The topological polar surface area (TPSA) is 57.5 Å².